The van der Waals surface area contributed by atoms with Gasteiger partial charge in [-0.15, -0.1) is 0 Å². The van der Waals surface area contributed by atoms with Gasteiger partial charge in [-0.1, -0.05) is 47.3 Å². The smallest absolute Gasteiger partial charge is 0.407 e. The normalized spacial score (nSPS) is 15.5. The van der Waals surface area contributed by atoms with Crippen LogP contribution >= 0.6 is 0 Å². The Morgan fingerprint density at radius 3 is 2.00 bits per heavy atom. The second kappa shape index (κ2) is 13.4. The first-order valence-electron chi connectivity index (χ1n) is 11.6. The average molecular weight is 461 g/mol. The topological polar surface area (TPSA) is 96.9 Å². The van der Waals surface area contributed by atoms with Gasteiger partial charge in [0.1, 0.15) is 11.6 Å². The Hall–Kier alpha value is -1.12. The zero-order chi connectivity index (χ0) is 24.4. The molecule has 0 spiro atoms. The fourth-order valence-electron chi connectivity index (χ4n) is 2.98. The van der Waals surface area contributed by atoms with Crippen molar-refractivity contribution in [1.82, 2.24) is 10.6 Å². The van der Waals surface area contributed by atoms with E-state index in [1.54, 1.807) is 20.8 Å². The molecule has 3 N–H and O–H groups in total. The molecule has 0 aliphatic heterocycles. The molecule has 0 bridgehead atoms. The Morgan fingerprint density at radius 1 is 1.00 bits per heavy atom. The molecular formula is C23H48N2O5Si. The van der Waals surface area contributed by atoms with Gasteiger partial charge in [-0.2, -0.15) is 0 Å². The molecule has 1 unspecified atom stereocenters. The van der Waals surface area contributed by atoms with Crippen molar-refractivity contribution in [3.05, 3.63) is 0 Å². The number of carbonyl (C=O) groups is 2. The molecule has 0 heterocycles. The molecule has 0 aliphatic rings. The molecule has 0 radical (unpaired) electrons. The van der Waals surface area contributed by atoms with Crippen molar-refractivity contribution in [2.75, 3.05) is 13.2 Å². The van der Waals surface area contributed by atoms with Gasteiger partial charge in [0.15, 0.2) is 0 Å². The van der Waals surface area contributed by atoms with Crippen LogP contribution in [0.5, 0.6) is 0 Å². The number of aliphatic hydroxyl groups is 1. The molecule has 0 rings (SSSR count). The van der Waals surface area contributed by atoms with Crippen molar-refractivity contribution < 1.29 is 24.2 Å². The molecule has 0 aliphatic carbocycles. The van der Waals surface area contributed by atoms with E-state index in [1.807, 2.05) is 27.7 Å². The highest BCUT2D eigenvalue weighted by Gasteiger charge is 2.28. The summed E-state index contributed by atoms with van der Waals surface area (Å²) in [4.78, 5) is 24.8. The molecule has 0 aromatic rings. The third-order valence-electron chi connectivity index (χ3n) is 4.55. The Labute approximate surface area is 191 Å². The lowest BCUT2D eigenvalue weighted by Gasteiger charge is -2.29. The third kappa shape index (κ3) is 16.2. The predicted octanol–water partition coefficient (Wildman–Crippen LogP) is 4.17. The van der Waals surface area contributed by atoms with Crippen LogP contribution < -0.4 is 10.6 Å². The van der Waals surface area contributed by atoms with Gasteiger partial charge in [0.25, 0.3) is 0 Å². The van der Waals surface area contributed by atoms with Gasteiger partial charge in [0.2, 0.25) is 0 Å². The summed E-state index contributed by atoms with van der Waals surface area (Å²) in [5.74, 6) is 0.290. The monoisotopic (exact) mass is 460 g/mol. The lowest BCUT2D eigenvalue weighted by Crippen LogP contribution is -2.52. The standard InChI is InChI=1S/C23H48N2O5Si/c1-16(2)13-18(25-22(28)30-23(5,6)7)20(26)15-24-19(14-17(3)4)21(27)29-11-12-31(8,9)10/h16-20,24,26H,11-15H2,1-10H3,(H,25,28)/t18?,19-,20-/m0/s1. The number of carbonyl (C=O) groups excluding carboxylic acids is 2. The van der Waals surface area contributed by atoms with Gasteiger partial charge in [0.05, 0.1) is 18.8 Å². The van der Waals surface area contributed by atoms with Gasteiger partial charge in [-0.3, -0.25) is 4.79 Å². The highest BCUT2D eigenvalue weighted by Crippen LogP contribution is 2.13. The van der Waals surface area contributed by atoms with Crippen LogP contribution in [0.15, 0.2) is 0 Å². The summed E-state index contributed by atoms with van der Waals surface area (Å²) in [5, 5.41) is 16.7. The summed E-state index contributed by atoms with van der Waals surface area (Å²) < 4.78 is 10.9. The number of hydrogen-bond acceptors (Lipinski definition) is 6. The van der Waals surface area contributed by atoms with E-state index in [-0.39, 0.29) is 18.4 Å². The minimum atomic E-state index is -1.28. The summed E-state index contributed by atoms with van der Waals surface area (Å²) in [5.41, 5.74) is -0.613. The lowest BCUT2D eigenvalue weighted by atomic mass is 9.98. The molecule has 7 nitrogen and oxygen atoms in total. The zero-order valence-electron chi connectivity index (χ0n) is 21.5. The number of esters is 1. The highest BCUT2D eigenvalue weighted by molar-refractivity contribution is 6.76. The van der Waals surface area contributed by atoms with Crippen LogP contribution in [0.25, 0.3) is 0 Å². The Bertz CT molecular complexity index is 541. The van der Waals surface area contributed by atoms with Crippen molar-refractivity contribution in [1.29, 1.82) is 0 Å². The van der Waals surface area contributed by atoms with E-state index in [9.17, 15) is 14.7 Å². The summed E-state index contributed by atoms with van der Waals surface area (Å²) in [7, 11) is -1.28. The van der Waals surface area contributed by atoms with Crippen molar-refractivity contribution >= 4 is 20.1 Å². The zero-order valence-corrected chi connectivity index (χ0v) is 22.5. The van der Waals surface area contributed by atoms with Gasteiger partial charge in [-0.05, 0) is 51.5 Å². The van der Waals surface area contributed by atoms with E-state index in [2.05, 4.69) is 30.3 Å². The highest BCUT2D eigenvalue weighted by atomic mass is 28.3. The number of ether oxygens (including phenoxy) is 2. The van der Waals surface area contributed by atoms with Crippen molar-refractivity contribution in [2.45, 2.75) is 111 Å². The van der Waals surface area contributed by atoms with E-state index in [0.717, 1.165) is 6.04 Å². The largest absolute Gasteiger partial charge is 0.465 e. The van der Waals surface area contributed by atoms with Crippen LogP contribution in [0.2, 0.25) is 25.7 Å². The summed E-state index contributed by atoms with van der Waals surface area (Å²) in [6, 6.07) is -0.0473. The minimum absolute atomic E-state index is 0.174. The maximum Gasteiger partial charge on any atom is 0.407 e. The van der Waals surface area contributed by atoms with Crippen LogP contribution in [0.1, 0.15) is 61.3 Å². The van der Waals surface area contributed by atoms with Crippen LogP contribution in [0.3, 0.4) is 0 Å². The van der Waals surface area contributed by atoms with E-state index in [1.165, 1.54) is 0 Å². The van der Waals surface area contributed by atoms with E-state index in [4.69, 9.17) is 9.47 Å². The van der Waals surface area contributed by atoms with E-state index >= 15 is 0 Å². The average Bonchev–Trinajstić information content (AvgIpc) is 2.53. The fraction of sp³-hybridized carbons (Fsp3) is 0.913. The van der Waals surface area contributed by atoms with Gasteiger partial charge < -0.3 is 25.2 Å². The molecule has 0 saturated carbocycles. The second-order valence-corrected chi connectivity index (χ2v) is 17.1. The molecule has 1 amide bonds. The second-order valence-electron chi connectivity index (χ2n) is 11.5. The number of hydrogen-bond donors (Lipinski definition) is 3. The molecule has 0 fully saturated rings. The minimum Gasteiger partial charge on any atom is -0.465 e. The Morgan fingerprint density at radius 2 is 1.55 bits per heavy atom. The first-order valence-corrected chi connectivity index (χ1v) is 15.3. The molecular weight excluding hydrogens is 412 g/mol. The van der Waals surface area contributed by atoms with E-state index in [0.29, 0.717) is 25.4 Å². The Kier molecular flexibility index (Phi) is 12.9. The van der Waals surface area contributed by atoms with Gasteiger partial charge in [0, 0.05) is 14.6 Å². The van der Waals surface area contributed by atoms with E-state index < -0.39 is 38.0 Å². The van der Waals surface area contributed by atoms with Crippen LogP contribution in [0.4, 0.5) is 4.79 Å². The maximum atomic E-state index is 12.6. The molecule has 0 saturated heterocycles. The molecule has 3 atom stereocenters. The molecule has 31 heavy (non-hydrogen) atoms. The maximum absolute atomic E-state index is 12.6. The number of aliphatic hydroxyl groups excluding tert-OH is 1. The summed E-state index contributed by atoms with van der Waals surface area (Å²) >= 11 is 0. The van der Waals surface area contributed by atoms with Crippen LogP contribution in [-0.4, -0.2) is 62.2 Å². The van der Waals surface area contributed by atoms with Gasteiger partial charge >= 0.3 is 12.1 Å². The number of rotatable bonds is 13. The molecule has 8 heteroatoms. The SMILES string of the molecule is CC(C)CC(NC(=O)OC(C)(C)C)[C@@H](O)CN[C@@H](CC(C)C)C(=O)OCC[Si](C)(C)C. The van der Waals surface area contributed by atoms with Gasteiger partial charge in [-0.25, -0.2) is 4.79 Å². The first-order chi connectivity index (χ1) is 14.0. The van der Waals surface area contributed by atoms with Crippen LogP contribution in [-0.2, 0) is 14.3 Å². The fourth-order valence-corrected chi connectivity index (χ4v) is 3.69. The van der Waals surface area contributed by atoms with Crippen LogP contribution in [0, 0.1) is 11.8 Å². The van der Waals surface area contributed by atoms with Crippen molar-refractivity contribution in [3.8, 4) is 0 Å². The predicted molar refractivity (Wildman–Crippen MR) is 129 cm³/mol. The van der Waals surface area contributed by atoms with Crippen molar-refractivity contribution in [2.24, 2.45) is 11.8 Å². The number of alkyl carbamates (subject to hydrolysis) is 1. The molecule has 0 aromatic heterocycles. The quantitative estimate of drug-likeness (QED) is 0.282. The molecule has 0 aromatic carbocycles. The third-order valence-corrected chi connectivity index (χ3v) is 6.26. The van der Waals surface area contributed by atoms with Crippen molar-refractivity contribution in [3.63, 3.8) is 0 Å². The lowest BCUT2D eigenvalue weighted by molar-refractivity contribution is -0.146. The first kappa shape index (κ1) is 29.9. The number of nitrogens with one attached hydrogen (secondary N) is 2. The summed E-state index contributed by atoms with van der Waals surface area (Å²) in [6.45, 7) is 20.9. The Balaban J connectivity index is 4.98. The summed E-state index contributed by atoms with van der Waals surface area (Å²) in [6.07, 6.45) is -0.203. The number of amides is 1. The molecule has 184 valence electrons.